The Balaban J connectivity index is 1.69. The number of ether oxygens (including phenoxy) is 2. The number of para-hydroxylation sites is 2. The van der Waals surface area contributed by atoms with Crippen LogP contribution in [0.3, 0.4) is 0 Å². The Kier molecular flexibility index (Phi) is 6.20. The topological polar surface area (TPSA) is 94.2 Å². The second kappa shape index (κ2) is 9.47. The van der Waals surface area contributed by atoms with Crippen molar-refractivity contribution in [3.8, 4) is 0 Å². The molecule has 1 amide bonds. The quantitative estimate of drug-likeness (QED) is 0.530. The molecule has 1 heterocycles. The van der Waals surface area contributed by atoms with Crippen LogP contribution in [0.15, 0.2) is 91.0 Å². The predicted molar refractivity (Wildman–Crippen MR) is 131 cm³/mol. The van der Waals surface area contributed by atoms with E-state index in [1.807, 2.05) is 78.9 Å². The Morgan fingerprint density at radius 3 is 1.81 bits per heavy atom. The van der Waals surface area contributed by atoms with Crippen molar-refractivity contribution < 1.29 is 28.7 Å². The lowest BCUT2D eigenvalue weighted by molar-refractivity contribution is -0.148. The SMILES string of the molecule is COC(=O)C1C(C(=O)OC)C12C(c1ccccc1)ON(c1ccccc1)C2C(=O)Nc1ccccc1. The van der Waals surface area contributed by atoms with Crippen LogP contribution in [0.5, 0.6) is 0 Å². The maximum Gasteiger partial charge on any atom is 0.310 e. The number of hydrogen-bond donors (Lipinski definition) is 1. The van der Waals surface area contributed by atoms with Gasteiger partial charge < -0.3 is 14.8 Å². The number of nitrogens with one attached hydrogen (secondary N) is 1. The number of carbonyl (C=O) groups excluding carboxylic acids is 3. The predicted octanol–water partition coefficient (Wildman–Crippen LogP) is 3.77. The number of hydroxylamine groups is 1. The molecule has 0 radical (unpaired) electrons. The van der Waals surface area contributed by atoms with Gasteiger partial charge in [0, 0.05) is 5.69 Å². The minimum atomic E-state index is -1.27. The molecule has 0 aromatic heterocycles. The van der Waals surface area contributed by atoms with Gasteiger partial charge in [-0.1, -0.05) is 66.7 Å². The smallest absolute Gasteiger partial charge is 0.310 e. The number of amides is 1. The van der Waals surface area contributed by atoms with E-state index in [-0.39, 0.29) is 0 Å². The summed E-state index contributed by atoms with van der Waals surface area (Å²) in [6.45, 7) is 0. The standard InChI is InChI=1S/C28H26N2O6/c1-34-26(32)21-22(27(33)35-2)28(21)23(25(31)29-19-14-8-4-9-15-19)30(20-16-10-5-11-17-20)36-24(28)18-12-6-3-7-13-18/h3-17,21-24H,1-2H3,(H,29,31). The summed E-state index contributed by atoms with van der Waals surface area (Å²) in [6, 6.07) is 26.4. The average molecular weight is 487 g/mol. The largest absolute Gasteiger partial charge is 0.469 e. The summed E-state index contributed by atoms with van der Waals surface area (Å²) < 4.78 is 10.2. The molecule has 4 atom stereocenters. The molecule has 2 aliphatic rings. The van der Waals surface area contributed by atoms with Crippen molar-refractivity contribution in [2.75, 3.05) is 24.6 Å². The molecule has 5 rings (SSSR count). The van der Waals surface area contributed by atoms with Crippen LogP contribution in [0.25, 0.3) is 0 Å². The first kappa shape index (κ1) is 23.6. The minimum Gasteiger partial charge on any atom is -0.469 e. The Labute approximate surface area is 208 Å². The zero-order valence-electron chi connectivity index (χ0n) is 19.9. The molecule has 1 spiro atoms. The highest BCUT2D eigenvalue weighted by Crippen LogP contribution is 2.73. The van der Waals surface area contributed by atoms with Crippen molar-refractivity contribution in [1.82, 2.24) is 0 Å². The van der Waals surface area contributed by atoms with Crippen molar-refractivity contribution in [2.24, 2.45) is 17.3 Å². The second-order valence-electron chi connectivity index (χ2n) is 8.82. The van der Waals surface area contributed by atoms with Gasteiger partial charge in [-0.15, -0.1) is 0 Å². The van der Waals surface area contributed by atoms with Gasteiger partial charge in [0.15, 0.2) is 0 Å². The maximum atomic E-state index is 14.0. The fraction of sp³-hybridized carbons (Fsp3) is 0.250. The van der Waals surface area contributed by atoms with Gasteiger partial charge in [0.1, 0.15) is 12.1 Å². The van der Waals surface area contributed by atoms with Gasteiger partial charge in [-0.25, -0.2) is 5.06 Å². The average Bonchev–Trinajstić information content (AvgIpc) is 3.47. The van der Waals surface area contributed by atoms with Crippen molar-refractivity contribution in [2.45, 2.75) is 12.1 Å². The normalized spacial score (nSPS) is 26.3. The van der Waals surface area contributed by atoms with Crippen molar-refractivity contribution in [3.05, 3.63) is 96.6 Å². The lowest BCUT2D eigenvalue weighted by Gasteiger charge is -2.27. The lowest BCUT2D eigenvalue weighted by Crippen LogP contribution is -2.46. The van der Waals surface area contributed by atoms with Crippen LogP contribution in [-0.2, 0) is 28.7 Å². The van der Waals surface area contributed by atoms with E-state index in [2.05, 4.69) is 5.32 Å². The molecule has 1 aliphatic carbocycles. The fourth-order valence-corrected chi connectivity index (χ4v) is 5.47. The van der Waals surface area contributed by atoms with E-state index in [0.29, 0.717) is 11.4 Å². The Hall–Kier alpha value is -4.17. The van der Waals surface area contributed by atoms with Gasteiger partial charge in [0.05, 0.1) is 37.2 Å². The van der Waals surface area contributed by atoms with E-state index in [4.69, 9.17) is 14.3 Å². The number of hydrogen-bond acceptors (Lipinski definition) is 7. The van der Waals surface area contributed by atoms with Gasteiger partial charge in [0.2, 0.25) is 5.91 Å². The molecular formula is C28H26N2O6. The molecule has 36 heavy (non-hydrogen) atoms. The Morgan fingerprint density at radius 2 is 1.28 bits per heavy atom. The van der Waals surface area contributed by atoms with Gasteiger partial charge >= 0.3 is 11.9 Å². The van der Waals surface area contributed by atoms with E-state index in [1.54, 1.807) is 12.1 Å². The first-order chi connectivity index (χ1) is 17.5. The van der Waals surface area contributed by atoms with E-state index in [1.165, 1.54) is 19.3 Å². The number of esters is 2. The zero-order valence-corrected chi connectivity index (χ0v) is 19.9. The van der Waals surface area contributed by atoms with Crippen LogP contribution in [0.2, 0.25) is 0 Å². The van der Waals surface area contributed by atoms with Crippen LogP contribution in [0, 0.1) is 17.3 Å². The van der Waals surface area contributed by atoms with E-state index >= 15 is 0 Å². The highest BCUT2D eigenvalue weighted by atomic mass is 16.7. The first-order valence-electron chi connectivity index (χ1n) is 11.6. The fourth-order valence-electron chi connectivity index (χ4n) is 5.47. The van der Waals surface area contributed by atoms with Crippen molar-refractivity contribution >= 4 is 29.2 Å². The lowest BCUT2D eigenvalue weighted by atomic mass is 9.82. The molecular weight excluding hydrogens is 460 g/mol. The van der Waals surface area contributed by atoms with Crippen molar-refractivity contribution in [3.63, 3.8) is 0 Å². The van der Waals surface area contributed by atoms with Gasteiger partial charge in [-0.2, -0.15) is 0 Å². The van der Waals surface area contributed by atoms with Gasteiger partial charge in [-0.3, -0.25) is 19.2 Å². The highest BCUT2D eigenvalue weighted by molar-refractivity contribution is 6.02. The molecule has 1 saturated carbocycles. The van der Waals surface area contributed by atoms with E-state index in [9.17, 15) is 14.4 Å². The van der Waals surface area contributed by atoms with E-state index in [0.717, 1.165) is 5.56 Å². The van der Waals surface area contributed by atoms with Crippen LogP contribution < -0.4 is 10.4 Å². The number of carbonyl (C=O) groups is 3. The third-order valence-electron chi connectivity index (χ3n) is 7.00. The molecule has 4 unspecified atom stereocenters. The number of nitrogens with zero attached hydrogens (tertiary/aromatic N) is 1. The van der Waals surface area contributed by atoms with E-state index < -0.39 is 47.2 Å². The molecule has 3 aromatic rings. The summed E-state index contributed by atoms with van der Waals surface area (Å²) in [7, 11) is 2.54. The maximum absolute atomic E-state index is 14.0. The first-order valence-corrected chi connectivity index (χ1v) is 11.6. The number of methoxy groups -OCH3 is 2. The third-order valence-corrected chi connectivity index (χ3v) is 7.00. The summed E-state index contributed by atoms with van der Waals surface area (Å²) in [5.74, 6) is -3.49. The minimum absolute atomic E-state index is 0.413. The highest BCUT2D eigenvalue weighted by Gasteiger charge is 2.84. The Morgan fingerprint density at radius 1 is 0.778 bits per heavy atom. The van der Waals surface area contributed by atoms with Gasteiger partial charge in [0.25, 0.3) is 0 Å². The summed E-state index contributed by atoms with van der Waals surface area (Å²) in [4.78, 5) is 46.7. The van der Waals surface area contributed by atoms with Crippen LogP contribution in [0.4, 0.5) is 11.4 Å². The third kappa shape index (κ3) is 3.70. The molecule has 1 aliphatic heterocycles. The molecule has 184 valence electrons. The monoisotopic (exact) mass is 486 g/mol. The number of benzene rings is 3. The zero-order chi connectivity index (χ0) is 25.3. The van der Waals surface area contributed by atoms with Crippen LogP contribution >= 0.6 is 0 Å². The number of rotatable bonds is 6. The second-order valence-corrected chi connectivity index (χ2v) is 8.82. The van der Waals surface area contributed by atoms with Crippen LogP contribution in [0.1, 0.15) is 11.7 Å². The van der Waals surface area contributed by atoms with Crippen molar-refractivity contribution in [1.29, 1.82) is 0 Å². The number of anilines is 2. The molecule has 1 saturated heterocycles. The summed E-state index contributed by atoms with van der Waals surface area (Å²) >= 11 is 0. The molecule has 8 nitrogen and oxygen atoms in total. The van der Waals surface area contributed by atoms with Crippen LogP contribution in [-0.4, -0.2) is 38.1 Å². The summed E-state index contributed by atoms with van der Waals surface area (Å²) in [5.41, 5.74) is 0.658. The molecule has 3 aromatic carbocycles. The molecule has 2 fully saturated rings. The molecule has 8 heteroatoms. The summed E-state index contributed by atoms with van der Waals surface area (Å²) in [5, 5.41) is 4.45. The molecule has 1 N–H and O–H groups in total. The Bertz CT molecular complexity index is 1230. The summed E-state index contributed by atoms with van der Waals surface area (Å²) in [6.07, 6.45) is -0.793. The molecule has 0 bridgehead atoms. The van der Waals surface area contributed by atoms with Gasteiger partial charge in [-0.05, 0) is 29.8 Å².